The smallest absolute Gasteiger partial charge is 0.0685 e. The third kappa shape index (κ3) is 5.02. The van der Waals surface area contributed by atoms with Gasteiger partial charge >= 0.3 is 0 Å². The van der Waals surface area contributed by atoms with Crippen LogP contribution in [0.25, 0.3) is 0 Å². The Morgan fingerprint density at radius 3 is 1.96 bits per heavy atom. The van der Waals surface area contributed by atoms with E-state index in [1.54, 1.807) is 0 Å². The highest BCUT2D eigenvalue weighted by molar-refractivity contribution is 14.1. The third-order valence-corrected chi connectivity index (χ3v) is 6.23. The van der Waals surface area contributed by atoms with Crippen LogP contribution in [-0.4, -0.2) is 18.8 Å². The molecule has 1 heterocycles. The summed E-state index contributed by atoms with van der Waals surface area (Å²) in [6.07, 6.45) is 2.44. The second-order valence-corrected chi connectivity index (χ2v) is 8.70. The first-order valence-electron chi connectivity index (χ1n) is 9.99. The van der Waals surface area contributed by atoms with Crippen LogP contribution in [0.3, 0.4) is 0 Å². The molecule has 0 unspecified atom stereocenters. The minimum atomic E-state index is 0.223. The fourth-order valence-electron chi connectivity index (χ4n) is 4.00. The van der Waals surface area contributed by atoms with E-state index in [0.29, 0.717) is 12.0 Å². The van der Waals surface area contributed by atoms with Gasteiger partial charge in [-0.2, -0.15) is 0 Å². The quantitative estimate of drug-likeness (QED) is 0.451. The SMILES string of the molecule is Ic1ccc(CN[C@@H]2CC[C@H](C(c3ccccc3)c3ccccc3)OC2)cc1. The molecular formula is C25H26INO. The van der Waals surface area contributed by atoms with Gasteiger partial charge in [0, 0.05) is 22.1 Å². The Morgan fingerprint density at radius 2 is 1.43 bits per heavy atom. The summed E-state index contributed by atoms with van der Waals surface area (Å²) in [5.41, 5.74) is 4.00. The van der Waals surface area contributed by atoms with Crippen LogP contribution in [0.2, 0.25) is 0 Å². The van der Waals surface area contributed by atoms with Crippen molar-refractivity contribution in [2.24, 2.45) is 0 Å². The van der Waals surface area contributed by atoms with Gasteiger partial charge in [-0.25, -0.2) is 0 Å². The number of benzene rings is 3. The molecule has 0 radical (unpaired) electrons. The highest BCUT2D eigenvalue weighted by atomic mass is 127. The zero-order chi connectivity index (χ0) is 19.2. The molecule has 28 heavy (non-hydrogen) atoms. The van der Waals surface area contributed by atoms with Crippen molar-refractivity contribution in [3.05, 3.63) is 105 Å². The van der Waals surface area contributed by atoms with Crippen molar-refractivity contribution in [1.29, 1.82) is 0 Å². The predicted molar refractivity (Wildman–Crippen MR) is 123 cm³/mol. The van der Waals surface area contributed by atoms with E-state index in [1.165, 1.54) is 20.3 Å². The molecule has 0 saturated carbocycles. The summed E-state index contributed by atoms with van der Waals surface area (Å²) >= 11 is 2.35. The topological polar surface area (TPSA) is 21.3 Å². The fraction of sp³-hybridized carbons (Fsp3) is 0.280. The van der Waals surface area contributed by atoms with Gasteiger partial charge < -0.3 is 10.1 Å². The molecule has 0 bridgehead atoms. The van der Waals surface area contributed by atoms with Gasteiger partial charge in [-0.15, -0.1) is 0 Å². The molecule has 1 N–H and O–H groups in total. The highest BCUT2D eigenvalue weighted by Crippen LogP contribution is 2.34. The summed E-state index contributed by atoms with van der Waals surface area (Å²) in [6, 6.07) is 30.7. The largest absolute Gasteiger partial charge is 0.376 e. The lowest BCUT2D eigenvalue weighted by Gasteiger charge is -2.35. The number of halogens is 1. The molecule has 3 heteroatoms. The average Bonchev–Trinajstić information content (AvgIpc) is 2.76. The van der Waals surface area contributed by atoms with E-state index in [0.717, 1.165) is 26.0 Å². The van der Waals surface area contributed by atoms with Gasteiger partial charge in [0.2, 0.25) is 0 Å². The normalized spacial score (nSPS) is 19.6. The van der Waals surface area contributed by atoms with E-state index in [2.05, 4.69) is 113 Å². The Morgan fingerprint density at radius 1 is 0.821 bits per heavy atom. The number of hydrogen-bond donors (Lipinski definition) is 1. The monoisotopic (exact) mass is 483 g/mol. The summed E-state index contributed by atoms with van der Waals surface area (Å²) in [7, 11) is 0. The lowest BCUT2D eigenvalue weighted by molar-refractivity contribution is -0.0116. The van der Waals surface area contributed by atoms with Gasteiger partial charge in [0.05, 0.1) is 12.7 Å². The van der Waals surface area contributed by atoms with Crippen LogP contribution in [0, 0.1) is 3.57 Å². The predicted octanol–water partition coefficient (Wildman–Crippen LogP) is 5.76. The molecule has 0 amide bonds. The number of rotatable bonds is 6. The maximum atomic E-state index is 6.41. The first-order valence-corrected chi connectivity index (χ1v) is 11.1. The van der Waals surface area contributed by atoms with Crippen molar-refractivity contribution in [2.45, 2.75) is 37.5 Å². The van der Waals surface area contributed by atoms with Crippen LogP contribution in [0.15, 0.2) is 84.9 Å². The molecule has 2 nitrogen and oxygen atoms in total. The molecule has 0 aliphatic carbocycles. The molecule has 3 aromatic carbocycles. The van der Waals surface area contributed by atoms with E-state index in [9.17, 15) is 0 Å². The van der Waals surface area contributed by atoms with Gasteiger partial charge in [0.15, 0.2) is 0 Å². The van der Waals surface area contributed by atoms with Crippen molar-refractivity contribution in [3.63, 3.8) is 0 Å². The Labute approximate surface area is 181 Å². The number of nitrogens with one attached hydrogen (secondary N) is 1. The van der Waals surface area contributed by atoms with E-state index in [-0.39, 0.29) is 6.10 Å². The number of ether oxygens (including phenoxy) is 1. The van der Waals surface area contributed by atoms with Crippen molar-refractivity contribution < 1.29 is 4.74 Å². The number of hydrogen-bond acceptors (Lipinski definition) is 2. The van der Waals surface area contributed by atoms with Crippen molar-refractivity contribution in [1.82, 2.24) is 5.32 Å². The van der Waals surface area contributed by atoms with Gasteiger partial charge in [-0.3, -0.25) is 0 Å². The molecule has 2 atom stereocenters. The van der Waals surface area contributed by atoms with E-state index in [1.807, 2.05) is 0 Å². The lowest BCUT2D eigenvalue weighted by atomic mass is 9.83. The average molecular weight is 483 g/mol. The van der Waals surface area contributed by atoms with E-state index in [4.69, 9.17) is 4.74 Å². The molecule has 144 valence electrons. The minimum absolute atomic E-state index is 0.223. The highest BCUT2D eigenvalue weighted by Gasteiger charge is 2.30. The minimum Gasteiger partial charge on any atom is -0.376 e. The maximum Gasteiger partial charge on any atom is 0.0685 e. The van der Waals surface area contributed by atoms with E-state index >= 15 is 0 Å². The molecule has 1 fully saturated rings. The second-order valence-electron chi connectivity index (χ2n) is 7.45. The molecule has 0 spiro atoms. The summed E-state index contributed by atoms with van der Waals surface area (Å²) < 4.78 is 7.68. The zero-order valence-corrected chi connectivity index (χ0v) is 18.1. The molecule has 1 aliphatic rings. The van der Waals surface area contributed by atoms with Gasteiger partial charge in [0.1, 0.15) is 0 Å². The van der Waals surface area contributed by atoms with Crippen LogP contribution >= 0.6 is 22.6 Å². The second kappa shape index (κ2) is 9.68. The molecule has 4 rings (SSSR count). The fourth-order valence-corrected chi connectivity index (χ4v) is 4.36. The van der Waals surface area contributed by atoms with Crippen LogP contribution in [0.1, 0.15) is 35.4 Å². The van der Waals surface area contributed by atoms with Gasteiger partial charge in [0.25, 0.3) is 0 Å². The molecule has 3 aromatic rings. The first kappa shape index (κ1) is 19.6. The summed E-state index contributed by atoms with van der Waals surface area (Å²) in [5.74, 6) is 0.291. The Balaban J connectivity index is 1.40. The Bertz CT molecular complexity index is 803. The maximum absolute atomic E-state index is 6.41. The Kier molecular flexibility index (Phi) is 6.78. The summed E-state index contributed by atoms with van der Waals surface area (Å²) in [6.45, 7) is 1.67. The lowest BCUT2D eigenvalue weighted by Crippen LogP contribution is -2.41. The molecule has 1 saturated heterocycles. The summed E-state index contributed by atoms with van der Waals surface area (Å²) in [5, 5.41) is 3.67. The zero-order valence-electron chi connectivity index (χ0n) is 15.9. The van der Waals surface area contributed by atoms with E-state index < -0.39 is 0 Å². The van der Waals surface area contributed by atoms with Crippen molar-refractivity contribution in [2.75, 3.05) is 6.61 Å². The van der Waals surface area contributed by atoms with Crippen LogP contribution in [-0.2, 0) is 11.3 Å². The standard InChI is InChI=1S/C25H26INO/c26-22-13-11-19(12-14-22)17-27-23-15-16-24(28-18-23)25(20-7-3-1-4-8-20)21-9-5-2-6-10-21/h1-14,23-25,27H,15-18H2/t23-,24-/m1/s1. The van der Waals surface area contributed by atoms with Gasteiger partial charge in [-0.05, 0) is 64.3 Å². The van der Waals surface area contributed by atoms with Gasteiger partial charge in [-0.1, -0.05) is 72.8 Å². The van der Waals surface area contributed by atoms with Crippen molar-refractivity contribution in [3.8, 4) is 0 Å². The van der Waals surface area contributed by atoms with Crippen LogP contribution in [0.4, 0.5) is 0 Å². The first-order chi connectivity index (χ1) is 13.8. The van der Waals surface area contributed by atoms with Crippen LogP contribution < -0.4 is 5.32 Å². The summed E-state index contributed by atoms with van der Waals surface area (Å²) in [4.78, 5) is 0. The van der Waals surface area contributed by atoms with Crippen molar-refractivity contribution >= 4 is 22.6 Å². The third-order valence-electron chi connectivity index (χ3n) is 5.51. The molecule has 0 aromatic heterocycles. The molecule has 1 aliphatic heterocycles. The molecular weight excluding hydrogens is 457 g/mol. The van der Waals surface area contributed by atoms with Crippen LogP contribution in [0.5, 0.6) is 0 Å². The Hall–Kier alpha value is -1.69.